The van der Waals surface area contributed by atoms with Crippen LogP contribution in [0.2, 0.25) is 0 Å². The number of hydrogen-bond donors (Lipinski definition) is 1. The summed E-state index contributed by atoms with van der Waals surface area (Å²) in [5, 5.41) is 13.7. The molecule has 36 heavy (non-hydrogen) atoms. The fourth-order valence-corrected chi connectivity index (χ4v) is 5.76. The van der Waals surface area contributed by atoms with E-state index in [1.54, 1.807) is 0 Å². The Morgan fingerprint density at radius 2 is 1.03 bits per heavy atom. The molecule has 1 heterocycles. The quantitative estimate of drug-likeness (QED) is 0.308. The van der Waals surface area contributed by atoms with E-state index in [-0.39, 0.29) is 21.7 Å². The third kappa shape index (κ3) is 4.92. The molecule has 3 aromatic carbocycles. The van der Waals surface area contributed by atoms with Crippen molar-refractivity contribution in [3.63, 3.8) is 0 Å². The number of phenols is 1. The minimum atomic E-state index is -0.0212. The molecule has 1 N–H and O–H groups in total. The first-order chi connectivity index (χ1) is 16.4. The highest BCUT2D eigenvalue weighted by Gasteiger charge is 2.29. The van der Waals surface area contributed by atoms with Crippen molar-refractivity contribution in [1.29, 1.82) is 0 Å². The summed E-state index contributed by atoms with van der Waals surface area (Å²) in [6.07, 6.45) is 1.06. The predicted molar refractivity (Wildman–Crippen MR) is 157 cm³/mol. The maximum Gasteiger partial charge on any atom is 0.139 e. The van der Waals surface area contributed by atoms with Crippen LogP contribution < -0.4 is 0 Å². The summed E-state index contributed by atoms with van der Waals surface area (Å²) in [5.74, 6) is 0.312. The average molecular weight is 484 g/mol. The number of nitrogens with zero attached hydrogens (tertiary/aromatic N) is 1. The van der Waals surface area contributed by atoms with Crippen molar-refractivity contribution in [2.45, 2.75) is 98.8 Å². The Hall–Kier alpha value is -2.74. The van der Waals surface area contributed by atoms with Gasteiger partial charge in [-0.3, -0.25) is 0 Å². The second-order valence-electron chi connectivity index (χ2n) is 14.6. The van der Waals surface area contributed by atoms with Crippen molar-refractivity contribution in [1.82, 2.24) is 4.57 Å². The number of aromatic hydroxyl groups is 1. The van der Waals surface area contributed by atoms with Crippen LogP contribution in [0.5, 0.6) is 5.75 Å². The van der Waals surface area contributed by atoms with Gasteiger partial charge in [0.1, 0.15) is 5.75 Å². The van der Waals surface area contributed by atoms with Crippen LogP contribution >= 0.6 is 0 Å². The molecule has 0 unspecified atom stereocenters. The van der Waals surface area contributed by atoms with Crippen LogP contribution in [0, 0.1) is 5.41 Å². The summed E-state index contributed by atoms with van der Waals surface area (Å²) in [7, 11) is 0. The van der Waals surface area contributed by atoms with Gasteiger partial charge in [-0.25, -0.2) is 0 Å². The molecular weight excluding hydrogens is 438 g/mol. The smallest absolute Gasteiger partial charge is 0.139 e. The van der Waals surface area contributed by atoms with Gasteiger partial charge in [-0.1, -0.05) is 106 Å². The summed E-state index contributed by atoms with van der Waals surface area (Å²) in [6.45, 7) is 25.1. The highest BCUT2D eigenvalue weighted by atomic mass is 16.3. The van der Waals surface area contributed by atoms with E-state index in [0.29, 0.717) is 5.75 Å². The Morgan fingerprint density at radius 3 is 1.44 bits per heavy atom. The Balaban J connectivity index is 2.09. The van der Waals surface area contributed by atoms with Gasteiger partial charge in [-0.05, 0) is 69.0 Å². The molecule has 0 aliphatic heterocycles. The second kappa shape index (κ2) is 8.40. The Morgan fingerprint density at radius 1 is 0.583 bits per heavy atom. The number of fused-ring (bicyclic) bond motifs is 3. The van der Waals surface area contributed by atoms with Gasteiger partial charge in [0.15, 0.2) is 0 Å². The van der Waals surface area contributed by atoms with Crippen LogP contribution in [0.1, 0.15) is 99.3 Å². The molecule has 0 atom stereocenters. The SMILES string of the molecule is CC(C)(C)CC(C)(C)c1ccc(O)c(-n2c3cc(C(C)(C)C)ccc3c3ccc(C(C)(C)C)cc32)c1. The van der Waals surface area contributed by atoms with E-state index in [4.69, 9.17) is 0 Å². The maximum absolute atomic E-state index is 11.3. The predicted octanol–water partition coefficient (Wildman–Crippen LogP) is 9.80. The van der Waals surface area contributed by atoms with Gasteiger partial charge >= 0.3 is 0 Å². The van der Waals surface area contributed by atoms with E-state index in [0.717, 1.165) is 23.1 Å². The van der Waals surface area contributed by atoms with Crippen molar-refractivity contribution >= 4 is 21.8 Å². The van der Waals surface area contributed by atoms with Crippen LogP contribution in [-0.4, -0.2) is 9.67 Å². The lowest BCUT2D eigenvalue weighted by molar-refractivity contribution is 0.284. The zero-order valence-corrected chi connectivity index (χ0v) is 24.3. The molecule has 192 valence electrons. The topological polar surface area (TPSA) is 25.2 Å². The number of aromatic nitrogens is 1. The van der Waals surface area contributed by atoms with Crippen LogP contribution in [0.4, 0.5) is 0 Å². The molecular formula is C34H45NO. The number of hydrogen-bond acceptors (Lipinski definition) is 1. The lowest BCUT2D eigenvalue weighted by atomic mass is 9.72. The van der Waals surface area contributed by atoms with Crippen LogP contribution in [0.15, 0.2) is 54.6 Å². The van der Waals surface area contributed by atoms with Crippen molar-refractivity contribution in [3.8, 4) is 11.4 Å². The summed E-state index contributed by atoms with van der Waals surface area (Å²) in [6, 6.07) is 19.9. The van der Waals surface area contributed by atoms with E-state index >= 15 is 0 Å². The molecule has 2 nitrogen and oxygen atoms in total. The van der Waals surface area contributed by atoms with Crippen molar-refractivity contribution < 1.29 is 5.11 Å². The molecule has 0 radical (unpaired) electrons. The van der Waals surface area contributed by atoms with Crippen LogP contribution in [0.25, 0.3) is 27.5 Å². The van der Waals surface area contributed by atoms with E-state index in [2.05, 4.69) is 129 Å². The number of phenolic OH excluding ortho intramolecular Hbond substituents is 1. The normalized spacial score (nSPS) is 13.6. The zero-order chi connectivity index (χ0) is 26.8. The minimum Gasteiger partial charge on any atom is -0.506 e. The van der Waals surface area contributed by atoms with Gasteiger partial charge < -0.3 is 9.67 Å². The molecule has 1 aromatic heterocycles. The van der Waals surface area contributed by atoms with Crippen molar-refractivity contribution in [2.75, 3.05) is 0 Å². The van der Waals surface area contributed by atoms with Crippen molar-refractivity contribution in [2.24, 2.45) is 5.41 Å². The average Bonchev–Trinajstić information content (AvgIpc) is 3.04. The zero-order valence-electron chi connectivity index (χ0n) is 24.3. The Bertz CT molecular complexity index is 1360. The second-order valence-corrected chi connectivity index (χ2v) is 14.6. The third-order valence-electron chi connectivity index (χ3n) is 7.47. The molecule has 0 saturated heterocycles. The summed E-state index contributed by atoms with van der Waals surface area (Å²) >= 11 is 0. The molecule has 2 heteroatoms. The van der Waals surface area contributed by atoms with Crippen LogP contribution in [0.3, 0.4) is 0 Å². The molecule has 0 fully saturated rings. The Labute approximate surface area is 218 Å². The van der Waals surface area contributed by atoms with E-state index in [1.165, 1.54) is 27.5 Å². The fraction of sp³-hybridized carbons (Fsp3) is 0.471. The molecule has 0 aliphatic carbocycles. The first-order valence-corrected chi connectivity index (χ1v) is 13.3. The number of benzene rings is 3. The maximum atomic E-state index is 11.3. The lowest BCUT2D eigenvalue weighted by Crippen LogP contribution is -2.25. The first kappa shape index (κ1) is 26.3. The first-order valence-electron chi connectivity index (χ1n) is 13.3. The molecule has 0 saturated carbocycles. The molecule has 0 amide bonds. The summed E-state index contributed by atoms with van der Waals surface area (Å²) < 4.78 is 2.29. The van der Waals surface area contributed by atoms with Gasteiger partial charge in [0.2, 0.25) is 0 Å². The number of rotatable bonds is 3. The highest BCUT2D eigenvalue weighted by Crippen LogP contribution is 2.42. The minimum absolute atomic E-state index is 0.0212. The van der Waals surface area contributed by atoms with Crippen molar-refractivity contribution in [3.05, 3.63) is 71.3 Å². The largest absolute Gasteiger partial charge is 0.506 e. The van der Waals surface area contributed by atoms with E-state index in [1.807, 2.05) is 6.07 Å². The van der Waals surface area contributed by atoms with E-state index in [9.17, 15) is 5.11 Å². The highest BCUT2D eigenvalue weighted by molar-refractivity contribution is 6.10. The van der Waals surface area contributed by atoms with Gasteiger partial charge in [0.05, 0.1) is 16.7 Å². The van der Waals surface area contributed by atoms with Gasteiger partial charge in [-0.2, -0.15) is 0 Å². The third-order valence-corrected chi connectivity index (χ3v) is 7.47. The summed E-state index contributed by atoms with van der Waals surface area (Å²) in [5.41, 5.74) is 7.22. The standard InChI is InChI=1S/C34H45NO/c1-31(2,3)21-34(10,11)24-14-17-30(36)29(20-24)35-27-18-22(32(4,5)6)12-15-25(27)26-16-13-23(19-28(26)35)33(7,8)9/h12-20,36H,21H2,1-11H3. The molecule has 0 bridgehead atoms. The van der Waals surface area contributed by atoms with E-state index < -0.39 is 0 Å². The molecule has 4 rings (SSSR count). The molecule has 0 spiro atoms. The molecule has 4 aromatic rings. The van der Waals surface area contributed by atoms with Gasteiger partial charge in [0.25, 0.3) is 0 Å². The van der Waals surface area contributed by atoms with Crippen LogP contribution in [-0.2, 0) is 16.2 Å². The fourth-order valence-electron chi connectivity index (χ4n) is 5.76. The monoisotopic (exact) mass is 483 g/mol. The lowest BCUT2D eigenvalue weighted by Gasteiger charge is -2.33. The Kier molecular flexibility index (Phi) is 6.14. The van der Waals surface area contributed by atoms with Gasteiger partial charge in [0, 0.05) is 10.8 Å². The van der Waals surface area contributed by atoms with Gasteiger partial charge in [-0.15, -0.1) is 0 Å². The summed E-state index contributed by atoms with van der Waals surface area (Å²) in [4.78, 5) is 0. The molecule has 0 aliphatic rings.